The van der Waals surface area contributed by atoms with Gasteiger partial charge >= 0.3 is 0 Å². The minimum absolute atomic E-state index is 0.314. The van der Waals surface area contributed by atoms with Crippen LogP contribution in [0.4, 0.5) is 0 Å². The van der Waals surface area contributed by atoms with Gasteiger partial charge in [0, 0.05) is 11.6 Å². The van der Waals surface area contributed by atoms with Crippen LogP contribution in [-0.4, -0.2) is 30.6 Å². The van der Waals surface area contributed by atoms with Crippen molar-refractivity contribution in [3.05, 3.63) is 0 Å². The van der Waals surface area contributed by atoms with Gasteiger partial charge in [0.15, 0.2) is 0 Å². The van der Waals surface area contributed by atoms with Gasteiger partial charge in [-0.1, -0.05) is 44.9 Å². The molecule has 2 heteroatoms. The molecule has 0 aromatic heterocycles. The molecule has 2 N–H and O–H groups in total. The third-order valence-electron chi connectivity index (χ3n) is 5.66. The van der Waals surface area contributed by atoms with E-state index in [0.717, 1.165) is 5.92 Å². The molecule has 106 valence electrons. The Kier molecular flexibility index (Phi) is 5.08. The van der Waals surface area contributed by atoms with Crippen molar-refractivity contribution < 1.29 is 0 Å². The highest BCUT2D eigenvalue weighted by molar-refractivity contribution is 5.00. The molecule has 2 nitrogen and oxygen atoms in total. The van der Waals surface area contributed by atoms with Gasteiger partial charge in [-0.05, 0) is 45.7 Å². The van der Waals surface area contributed by atoms with Crippen LogP contribution in [-0.2, 0) is 0 Å². The Bertz CT molecular complexity index is 237. The minimum Gasteiger partial charge on any atom is -0.326 e. The summed E-state index contributed by atoms with van der Waals surface area (Å²) in [6.45, 7) is 0. The lowest BCUT2D eigenvalue weighted by Crippen LogP contribution is -2.55. The molecule has 0 radical (unpaired) electrons. The van der Waals surface area contributed by atoms with Gasteiger partial charge in [0.1, 0.15) is 0 Å². The first-order valence-electron chi connectivity index (χ1n) is 8.08. The van der Waals surface area contributed by atoms with Crippen LogP contribution in [0.25, 0.3) is 0 Å². The summed E-state index contributed by atoms with van der Waals surface area (Å²) in [5.41, 5.74) is 6.90. The second kappa shape index (κ2) is 6.38. The molecule has 2 fully saturated rings. The van der Waals surface area contributed by atoms with Crippen molar-refractivity contribution in [2.75, 3.05) is 14.1 Å². The molecular formula is C16H32N2. The summed E-state index contributed by atoms with van der Waals surface area (Å²) < 4.78 is 0. The monoisotopic (exact) mass is 252 g/mol. The summed E-state index contributed by atoms with van der Waals surface area (Å²) in [4.78, 5) is 2.42. The molecule has 2 aliphatic carbocycles. The van der Waals surface area contributed by atoms with Crippen molar-refractivity contribution in [1.29, 1.82) is 0 Å². The molecule has 0 amide bonds. The summed E-state index contributed by atoms with van der Waals surface area (Å²) in [7, 11) is 4.46. The SMILES string of the molecule is CN(C)C1(C(N)CCC2CCCCC2)CCCC1. The Labute approximate surface area is 113 Å². The first kappa shape index (κ1) is 14.3. The highest BCUT2D eigenvalue weighted by Gasteiger charge is 2.41. The van der Waals surface area contributed by atoms with Crippen molar-refractivity contribution in [2.45, 2.75) is 82.2 Å². The Hall–Kier alpha value is -0.0800. The maximum absolute atomic E-state index is 6.59. The van der Waals surface area contributed by atoms with Gasteiger partial charge in [-0.15, -0.1) is 0 Å². The quantitative estimate of drug-likeness (QED) is 0.811. The van der Waals surface area contributed by atoms with Crippen LogP contribution >= 0.6 is 0 Å². The van der Waals surface area contributed by atoms with Gasteiger partial charge in [-0.2, -0.15) is 0 Å². The van der Waals surface area contributed by atoms with Crippen LogP contribution < -0.4 is 5.73 Å². The van der Waals surface area contributed by atoms with E-state index in [4.69, 9.17) is 5.73 Å². The predicted octanol–water partition coefficient (Wildman–Crippen LogP) is 3.55. The summed E-state index contributed by atoms with van der Waals surface area (Å²) in [5, 5.41) is 0. The van der Waals surface area contributed by atoms with Gasteiger partial charge in [-0.3, -0.25) is 0 Å². The highest BCUT2D eigenvalue weighted by atomic mass is 15.2. The van der Waals surface area contributed by atoms with E-state index >= 15 is 0 Å². The first-order valence-corrected chi connectivity index (χ1v) is 8.08. The third kappa shape index (κ3) is 3.08. The van der Waals surface area contributed by atoms with Gasteiger partial charge in [0.05, 0.1) is 0 Å². The van der Waals surface area contributed by atoms with Crippen LogP contribution in [0.2, 0.25) is 0 Å². The van der Waals surface area contributed by atoms with E-state index in [9.17, 15) is 0 Å². The highest BCUT2D eigenvalue weighted by Crippen LogP contribution is 2.38. The fraction of sp³-hybridized carbons (Fsp3) is 1.00. The lowest BCUT2D eigenvalue weighted by molar-refractivity contribution is 0.113. The summed E-state index contributed by atoms with van der Waals surface area (Å²) in [5.74, 6) is 0.977. The maximum Gasteiger partial charge on any atom is 0.0354 e. The molecule has 0 spiro atoms. The topological polar surface area (TPSA) is 29.3 Å². The lowest BCUT2D eigenvalue weighted by atomic mass is 9.80. The summed E-state index contributed by atoms with van der Waals surface area (Å²) in [6, 6.07) is 0.386. The molecule has 0 heterocycles. The average molecular weight is 252 g/mol. The molecule has 2 aliphatic rings. The maximum atomic E-state index is 6.59. The Morgan fingerprint density at radius 2 is 1.67 bits per heavy atom. The molecule has 0 bridgehead atoms. The number of hydrogen-bond donors (Lipinski definition) is 1. The van der Waals surface area contributed by atoms with Crippen LogP contribution in [0.5, 0.6) is 0 Å². The fourth-order valence-electron chi connectivity index (χ4n) is 4.30. The molecule has 0 saturated heterocycles. The van der Waals surface area contributed by atoms with Crippen molar-refractivity contribution in [1.82, 2.24) is 4.90 Å². The number of likely N-dealkylation sites (N-methyl/N-ethyl adjacent to an activating group) is 1. The largest absolute Gasteiger partial charge is 0.326 e. The zero-order valence-corrected chi connectivity index (χ0v) is 12.5. The average Bonchev–Trinajstić information content (AvgIpc) is 2.88. The lowest BCUT2D eigenvalue weighted by Gasteiger charge is -2.42. The first-order chi connectivity index (χ1) is 8.65. The molecule has 0 aromatic carbocycles. The zero-order valence-electron chi connectivity index (χ0n) is 12.5. The van der Waals surface area contributed by atoms with E-state index in [2.05, 4.69) is 19.0 Å². The molecule has 0 aliphatic heterocycles. The number of rotatable bonds is 5. The zero-order chi connectivity index (χ0) is 13.0. The van der Waals surface area contributed by atoms with Gasteiger partial charge in [-0.25, -0.2) is 0 Å². The van der Waals surface area contributed by atoms with E-state index in [1.165, 1.54) is 70.6 Å². The fourth-order valence-corrected chi connectivity index (χ4v) is 4.30. The molecule has 1 unspecified atom stereocenters. The van der Waals surface area contributed by atoms with Gasteiger partial charge < -0.3 is 10.6 Å². The van der Waals surface area contributed by atoms with Crippen LogP contribution in [0.3, 0.4) is 0 Å². The van der Waals surface area contributed by atoms with E-state index in [1.807, 2.05) is 0 Å². The Balaban J connectivity index is 1.83. The van der Waals surface area contributed by atoms with Gasteiger partial charge in [0.2, 0.25) is 0 Å². The molecule has 18 heavy (non-hydrogen) atoms. The Morgan fingerprint density at radius 1 is 1.06 bits per heavy atom. The second-order valence-corrected chi connectivity index (χ2v) is 6.89. The van der Waals surface area contributed by atoms with E-state index in [0.29, 0.717) is 11.6 Å². The molecular weight excluding hydrogens is 220 g/mol. The second-order valence-electron chi connectivity index (χ2n) is 6.89. The number of hydrogen-bond acceptors (Lipinski definition) is 2. The standard InChI is InChI=1S/C16H32N2/c1-18(2)16(12-6-7-13-16)15(17)11-10-14-8-4-3-5-9-14/h14-15H,3-13,17H2,1-2H3. The van der Waals surface area contributed by atoms with E-state index < -0.39 is 0 Å². The smallest absolute Gasteiger partial charge is 0.0354 e. The minimum atomic E-state index is 0.314. The van der Waals surface area contributed by atoms with Crippen LogP contribution in [0, 0.1) is 5.92 Å². The van der Waals surface area contributed by atoms with Crippen molar-refractivity contribution in [3.8, 4) is 0 Å². The van der Waals surface area contributed by atoms with Crippen molar-refractivity contribution in [2.24, 2.45) is 11.7 Å². The number of nitrogens with zero attached hydrogens (tertiary/aromatic N) is 1. The number of nitrogens with two attached hydrogens (primary N) is 1. The summed E-state index contributed by atoms with van der Waals surface area (Å²) >= 11 is 0. The molecule has 0 aromatic rings. The van der Waals surface area contributed by atoms with Crippen molar-refractivity contribution in [3.63, 3.8) is 0 Å². The normalized spacial score (nSPS) is 26.7. The third-order valence-corrected chi connectivity index (χ3v) is 5.66. The summed E-state index contributed by atoms with van der Waals surface area (Å²) in [6.07, 6.45) is 15.3. The van der Waals surface area contributed by atoms with Crippen LogP contribution in [0.15, 0.2) is 0 Å². The molecule has 1 atom stereocenters. The molecule has 2 rings (SSSR count). The predicted molar refractivity (Wildman–Crippen MR) is 78.7 cm³/mol. The van der Waals surface area contributed by atoms with Crippen molar-refractivity contribution >= 4 is 0 Å². The van der Waals surface area contributed by atoms with E-state index in [1.54, 1.807) is 0 Å². The van der Waals surface area contributed by atoms with Gasteiger partial charge in [0.25, 0.3) is 0 Å². The van der Waals surface area contributed by atoms with Crippen LogP contribution in [0.1, 0.15) is 70.6 Å². The Morgan fingerprint density at radius 3 is 2.22 bits per heavy atom. The van der Waals surface area contributed by atoms with E-state index in [-0.39, 0.29) is 0 Å². The molecule has 2 saturated carbocycles.